The van der Waals surface area contributed by atoms with E-state index in [2.05, 4.69) is 4.90 Å². The number of likely N-dealkylation sites (tertiary alicyclic amines) is 1. The van der Waals surface area contributed by atoms with Crippen LogP contribution < -0.4 is 0 Å². The van der Waals surface area contributed by atoms with Crippen LogP contribution in [0.1, 0.15) is 44.9 Å². The van der Waals surface area contributed by atoms with E-state index in [1.54, 1.807) is 0 Å². The third kappa shape index (κ3) is 2.96. The molecule has 1 N–H and O–H groups in total. The lowest BCUT2D eigenvalue weighted by atomic mass is 10.1. The largest absolute Gasteiger partial charge is 0.395 e. The Kier molecular flexibility index (Phi) is 3.82. The maximum Gasteiger partial charge on any atom is 0.0586 e. The van der Waals surface area contributed by atoms with Gasteiger partial charge in [0, 0.05) is 6.04 Å². The van der Waals surface area contributed by atoms with Gasteiger partial charge < -0.3 is 5.11 Å². The van der Waals surface area contributed by atoms with Crippen molar-refractivity contribution in [3.63, 3.8) is 0 Å². The average molecular weight is 197 g/mol. The average Bonchev–Trinajstić information content (AvgIpc) is 3.02. The second-order valence-corrected chi connectivity index (χ2v) is 4.95. The molecule has 1 atom stereocenters. The van der Waals surface area contributed by atoms with E-state index < -0.39 is 0 Å². The van der Waals surface area contributed by atoms with Crippen molar-refractivity contribution in [3.05, 3.63) is 0 Å². The third-order valence-corrected chi connectivity index (χ3v) is 3.73. The van der Waals surface area contributed by atoms with E-state index in [-0.39, 0.29) is 0 Å². The van der Waals surface area contributed by atoms with Gasteiger partial charge in [0.2, 0.25) is 0 Å². The summed E-state index contributed by atoms with van der Waals surface area (Å²) in [6, 6.07) is 0.469. The van der Waals surface area contributed by atoms with E-state index in [0.29, 0.717) is 12.6 Å². The lowest BCUT2D eigenvalue weighted by Crippen LogP contribution is -2.38. The van der Waals surface area contributed by atoms with Crippen LogP contribution >= 0.6 is 0 Å². The molecule has 0 amide bonds. The standard InChI is InChI=1S/C12H23NO/c14-10-12-4-2-1-3-8-13(12)9-7-11-5-6-11/h11-12,14H,1-10H2. The highest BCUT2D eigenvalue weighted by Crippen LogP contribution is 2.33. The first kappa shape index (κ1) is 10.4. The van der Waals surface area contributed by atoms with Crippen LogP contribution in [0.2, 0.25) is 0 Å². The minimum absolute atomic E-state index is 0.366. The first-order valence-electron chi connectivity index (χ1n) is 6.25. The Balaban J connectivity index is 1.77. The smallest absolute Gasteiger partial charge is 0.0586 e. The predicted octanol–water partition coefficient (Wildman–Crippen LogP) is 2.02. The summed E-state index contributed by atoms with van der Waals surface area (Å²) >= 11 is 0. The Labute approximate surface area is 87.3 Å². The molecule has 2 rings (SSSR count). The number of hydrogen-bond acceptors (Lipinski definition) is 2. The van der Waals surface area contributed by atoms with E-state index in [4.69, 9.17) is 0 Å². The number of hydrogen-bond donors (Lipinski definition) is 1. The summed E-state index contributed by atoms with van der Waals surface area (Å²) in [5, 5.41) is 9.33. The summed E-state index contributed by atoms with van der Waals surface area (Å²) in [7, 11) is 0. The van der Waals surface area contributed by atoms with Gasteiger partial charge in [-0.3, -0.25) is 4.90 Å². The van der Waals surface area contributed by atoms with Gasteiger partial charge in [0.1, 0.15) is 0 Å². The van der Waals surface area contributed by atoms with Crippen LogP contribution in [0.15, 0.2) is 0 Å². The number of nitrogens with zero attached hydrogens (tertiary/aromatic N) is 1. The van der Waals surface area contributed by atoms with Crippen molar-refractivity contribution in [2.75, 3.05) is 19.7 Å². The van der Waals surface area contributed by atoms with Gasteiger partial charge in [0.25, 0.3) is 0 Å². The van der Waals surface area contributed by atoms with Gasteiger partial charge in [0.15, 0.2) is 0 Å². The molecule has 0 aromatic heterocycles. The van der Waals surface area contributed by atoms with Gasteiger partial charge in [-0.25, -0.2) is 0 Å². The Morgan fingerprint density at radius 2 is 1.93 bits per heavy atom. The summed E-state index contributed by atoms with van der Waals surface area (Å²) in [6.45, 7) is 2.82. The van der Waals surface area contributed by atoms with Crippen molar-refractivity contribution in [1.82, 2.24) is 4.90 Å². The summed E-state index contributed by atoms with van der Waals surface area (Å²) in [4.78, 5) is 2.53. The second kappa shape index (κ2) is 5.13. The number of rotatable bonds is 4. The molecule has 2 nitrogen and oxygen atoms in total. The molecule has 2 aliphatic rings. The fourth-order valence-corrected chi connectivity index (χ4v) is 2.49. The summed E-state index contributed by atoms with van der Waals surface area (Å²) in [6.07, 6.45) is 9.50. The molecule has 0 spiro atoms. The third-order valence-electron chi connectivity index (χ3n) is 3.73. The van der Waals surface area contributed by atoms with Crippen LogP contribution in [0.25, 0.3) is 0 Å². The van der Waals surface area contributed by atoms with Crippen molar-refractivity contribution in [3.8, 4) is 0 Å². The molecule has 1 saturated carbocycles. The van der Waals surface area contributed by atoms with Crippen molar-refractivity contribution in [2.45, 2.75) is 51.0 Å². The summed E-state index contributed by atoms with van der Waals surface area (Å²) < 4.78 is 0. The lowest BCUT2D eigenvalue weighted by Gasteiger charge is -2.28. The van der Waals surface area contributed by atoms with Gasteiger partial charge in [-0.05, 0) is 38.3 Å². The highest BCUT2D eigenvalue weighted by molar-refractivity contribution is 4.79. The first-order valence-corrected chi connectivity index (χ1v) is 6.25. The molecule has 0 aromatic carbocycles. The molecule has 0 bridgehead atoms. The van der Waals surface area contributed by atoms with Crippen molar-refractivity contribution in [2.24, 2.45) is 5.92 Å². The Bertz CT molecular complexity index is 168. The van der Waals surface area contributed by atoms with Crippen molar-refractivity contribution < 1.29 is 5.11 Å². The fraction of sp³-hybridized carbons (Fsp3) is 1.00. The van der Waals surface area contributed by atoms with E-state index in [0.717, 1.165) is 5.92 Å². The van der Waals surface area contributed by atoms with Gasteiger partial charge in [0.05, 0.1) is 6.61 Å². The van der Waals surface area contributed by atoms with Crippen LogP contribution in [0.3, 0.4) is 0 Å². The van der Waals surface area contributed by atoms with Gasteiger partial charge in [-0.15, -0.1) is 0 Å². The van der Waals surface area contributed by atoms with Crippen LogP contribution in [-0.4, -0.2) is 35.7 Å². The van der Waals surface area contributed by atoms with Crippen molar-refractivity contribution in [1.29, 1.82) is 0 Å². The zero-order valence-corrected chi connectivity index (χ0v) is 9.12. The molecule has 0 aromatic rings. The van der Waals surface area contributed by atoms with E-state index in [1.807, 2.05) is 0 Å². The minimum atomic E-state index is 0.366. The van der Waals surface area contributed by atoms with Crippen LogP contribution in [0, 0.1) is 5.92 Å². The monoisotopic (exact) mass is 197 g/mol. The van der Waals surface area contributed by atoms with E-state index in [9.17, 15) is 5.11 Å². The number of aliphatic hydroxyl groups excluding tert-OH is 1. The van der Waals surface area contributed by atoms with Crippen LogP contribution in [-0.2, 0) is 0 Å². The Morgan fingerprint density at radius 1 is 1.07 bits per heavy atom. The van der Waals surface area contributed by atoms with Crippen LogP contribution in [0.4, 0.5) is 0 Å². The Hall–Kier alpha value is -0.0800. The molecule has 1 heterocycles. The highest BCUT2D eigenvalue weighted by atomic mass is 16.3. The molecule has 2 fully saturated rings. The van der Waals surface area contributed by atoms with Gasteiger partial charge in [-0.2, -0.15) is 0 Å². The molecule has 1 aliphatic carbocycles. The van der Waals surface area contributed by atoms with Crippen molar-refractivity contribution >= 4 is 0 Å². The summed E-state index contributed by atoms with van der Waals surface area (Å²) in [5.74, 6) is 1.03. The SMILES string of the molecule is OCC1CCCCCN1CCC1CC1. The predicted molar refractivity (Wildman–Crippen MR) is 58.3 cm³/mol. The normalized spacial score (nSPS) is 30.2. The molecule has 1 aliphatic heterocycles. The molecule has 14 heavy (non-hydrogen) atoms. The highest BCUT2D eigenvalue weighted by Gasteiger charge is 2.25. The van der Waals surface area contributed by atoms with E-state index in [1.165, 1.54) is 58.0 Å². The Morgan fingerprint density at radius 3 is 2.64 bits per heavy atom. The molecule has 1 saturated heterocycles. The first-order chi connectivity index (χ1) is 6.90. The zero-order chi connectivity index (χ0) is 9.80. The molecule has 1 unspecified atom stereocenters. The second-order valence-electron chi connectivity index (χ2n) is 4.95. The molecular formula is C12H23NO. The summed E-state index contributed by atoms with van der Waals surface area (Å²) in [5.41, 5.74) is 0. The van der Waals surface area contributed by atoms with Gasteiger partial charge in [-0.1, -0.05) is 25.7 Å². The lowest BCUT2D eigenvalue weighted by molar-refractivity contribution is 0.122. The zero-order valence-electron chi connectivity index (χ0n) is 9.12. The molecular weight excluding hydrogens is 174 g/mol. The molecule has 82 valence electrons. The topological polar surface area (TPSA) is 23.5 Å². The molecule has 0 radical (unpaired) electrons. The molecule has 2 heteroatoms. The fourth-order valence-electron chi connectivity index (χ4n) is 2.49. The number of aliphatic hydroxyl groups is 1. The maximum absolute atomic E-state index is 9.33. The van der Waals surface area contributed by atoms with Gasteiger partial charge >= 0.3 is 0 Å². The van der Waals surface area contributed by atoms with Crippen LogP contribution in [0.5, 0.6) is 0 Å². The maximum atomic E-state index is 9.33. The minimum Gasteiger partial charge on any atom is -0.395 e. The van der Waals surface area contributed by atoms with E-state index >= 15 is 0 Å². The quantitative estimate of drug-likeness (QED) is 0.745.